The minimum absolute atomic E-state index is 0.0181. The summed E-state index contributed by atoms with van der Waals surface area (Å²) in [5.74, 6) is -0.0192. The Kier molecular flexibility index (Phi) is 6.80. The van der Waals surface area contributed by atoms with Crippen molar-refractivity contribution in [2.45, 2.75) is 44.8 Å². The first-order valence-corrected chi connectivity index (χ1v) is 14.6. The molecule has 1 aliphatic rings. The Hall–Kier alpha value is -2.37. The Morgan fingerprint density at radius 1 is 1.35 bits per heavy atom. The SMILES string of the molecule is CCc1c(C)sc2nc(SCC(=O)N(C)[C@@H]3CCS(=O)(=O)C3)n(-c3ccc(O)cc3C)c(=O)c12. The zero-order valence-electron chi connectivity index (χ0n) is 19.5. The van der Waals surface area contributed by atoms with Crippen molar-refractivity contribution in [2.75, 3.05) is 24.3 Å². The van der Waals surface area contributed by atoms with Crippen molar-refractivity contribution >= 4 is 49.1 Å². The molecule has 11 heteroatoms. The van der Waals surface area contributed by atoms with E-state index in [0.29, 0.717) is 39.5 Å². The molecule has 182 valence electrons. The highest BCUT2D eigenvalue weighted by Crippen LogP contribution is 2.32. The fourth-order valence-electron chi connectivity index (χ4n) is 4.34. The van der Waals surface area contributed by atoms with E-state index in [1.54, 1.807) is 26.1 Å². The largest absolute Gasteiger partial charge is 0.508 e. The van der Waals surface area contributed by atoms with Crippen LogP contribution in [0.4, 0.5) is 0 Å². The molecule has 1 aliphatic heterocycles. The summed E-state index contributed by atoms with van der Waals surface area (Å²) >= 11 is 2.62. The summed E-state index contributed by atoms with van der Waals surface area (Å²) in [5, 5.41) is 10.8. The first-order chi connectivity index (χ1) is 16.0. The molecule has 0 saturated carbocycles. The number of aromatic hydroxyl groups is 1. The second-order valence-electron chi connectivity index (χ2n) is 8.53. The maximum absolute atomic E-state index is 13.7. The molecule has 0 unspecified atom stereocenters. The van der Waals surface area contributed by atoms with Crippen LogP contribution in [0.2, 0.25) is 0 Å². The van der Waals surface area contributed by atoms with Gasteiger partial charge in [-0.3, -0.25) is 14.2 Å². The van der Waals surface area contributed by atoms with E-state index in [1.165, 1.54) is 26.9 Å². The molecule has 0 bridgehead atoms. The molecule has 1 atom stereocenters. The molecular formula is C23H27N3O5S3. The van der Waals surface area contributed by atoms with Gasteiger partial charge in [-0.05, 0) is 56.0 Å². The van der Waals surface area contributed by atoms with E-state index < -0.39 is 9.84 Å². The first-order valence-electron chi connectivity index (χ1n) is 11.0. The lowest BCUT2D eigenvalue weighted by Crippen LogP contribution is -2.39. The Balaban J connectivity index is 1.74. The van der Waals surface area contributed by atoms with Crippen LogP contribution in [0.1, 0.15) is 29.3 Å². The van der Waals surface area contributed by atoms with Gasteiger partial charge in [-0.25, -0.2) is 13.4 Å². The number of phenolic OH excluding ortho intramolecular Hbond substituents is 1. The van der Waals surface area contributed by atoms with Gasteiger partial charge in [0.25, 0.3) is 5.56 Å². The van der Waals surface area contributed by atoms with E-state index in [0.717, 1.165) is 22.2 Å². The van der Waals surface area contributed by atoms with Crippen LogP contribution in [0.3, 0.4) is 0 Å². The number of carbonyl (C=O) groups is 1. The van der Waals surface area contributed by atoms with Crippen LogP contribution >= 0.6 is 23.1 Å². The molecule has 4 rings (SSSR count). The number of thioether (sulfide) groups is 1. The third kappa shape index (κ3) is 4.60. The minimum Gasteiger partial charge on any atom is -0.508 e. The number of rotatable bonds is 6. The number of sulfone groups is 1. The maximum atomic E-state index is 13.7. The number of fused-ring (bicyclic) bond motifs is 1. The molecule has 2 aromatic heterocycles. The Labute approximate surface area is 206 Å². The Morgan fingerprint density at radius 2 is 2.09 bits per heavy atom. The number of aromatic nitrogens is 2. The summed E-state index contributed by atoms with van der Waals surface area (Å²) in [6.45, 7) is 5.78. The van der Waals surface area contributed by atoms with Crippen molar-refractivity contribution < 1.29 is 18.3 Å². The average molecular weight is 522 g/mol. The van der Waals surface area contributed by atoms with Crippen LogP contribution in [-0.4, -0.2) is 64.2 Å². The van der Waals surface area contributed by atoms with Gasteiger partial charge in [0.05, 0.1) is 28.3 Å². The van der Waals surface area contributed by atoms with Gasteiger partial charge in [0, 0.05) is 18.0 Å². The standard InChI is InChI=1S/C23H27N3O5S3/c1-5-17-14(3)33-21-20(17)22(29)26(18-7-6-16(27)10-13(18)2)23(24-21)32-11-19(28)25(4)15-8-9-34(30,31)12-15/h6-7,10,15,27H,5,8-9,11-12H2,1-4H3/t15-/m1/s1. The normalized spacial score (nSPS) is 17.4. The third-order valence-corrected chi connectivity index (χ3v) is 9.96. The van der Waals surface area contributed by atoms with Gasteiger partial charge in [-0.1, -0.05) is 18.7 Å². The molecule has 1 saturated heterocycles. The van der Waals surface area contributed by atoms with Crippen molar-refractivity contribution in [1.29, 1.82) is 0 Å². The predicted octanol–water partition coefficient (Wildman–Crippen LogP) is 3.07. The van der Waals surface area contributed by atoms with Crippen molar-refractivity contribution in [3.8, 4) is 11.4 Å². The quantitative estimate of drug-likeness (QED) is 0.392. The number of amides is 1. The second kappa shape index (κ2) is 9.35. The zero-order valence-corrected chi connectivity index (χ0v) is 21.9. The molecule has 34 heavy (non-hydrogen) atoms. The summed E-state index contributed by atoms with van der Waals surface area (Å²) < 4.78 is 25.1. The summed E-state index contributed by atoms with van der Waals surface area (Å²) in [5.41, 5.74) is 2.06. The fraction of sp³-hybridized carbons (Fsp3) is 0.435. The lowest BCUT2D eigenvalue weighted by atomic mass is 10.1. The molecule has 1 amide bonds. The maximum Gasteiger partial charge on any atom is 0.267 e. The highest BCUT2D eigenvalue weighted by molar-refractivity contribution is 7.99. The number of carbonyl (C=O) groups excluding carboxylic acids is 1. The summed E-state index contributed by atoms with van der Waals surface area (Å²) in [7, 11) is -1.48. The Morgan fingerprint density at radius 3 is 2.71 bits per heavy atom. The van der Waals surface area contributed by atoms with Crippen LogP contribution in [0.15, 0.2) is 28.2 Å². The highest BCUT2D eigenvalue weighted by Gasteiger charge is 2.33. The monoisotopic (exact) mass is 521 g/mol. The van der Waals surface area contributed by atoms with Gasteiger partial charge in [0.1, 0.15) is 10.6 Å². The molecule has 1 aromatic carbocycles. The van der Waals surface area contributed by atoms with Crippen LogP contribution in [-0.2, 0) is 21.1 Å². The highest BCUT2D eigenvalue weighted by atomic mass is 32.2. The number of benzene rings is 1. The fourth-order valence-corrected chi connectivity index (χ4v) is 8.19. The van der Waals surface area contributed by atoms with Crippen molar-refractivity contribution in [2.24, 2.45) is 0 Å². The van der Waals surface area contributed by atoms with Crippen LogP contribution in [0.25, 0.3) is 15.9 Å². The van der Waals surface area contributed by atoms with Crippen molar-refractivity contribution in [1.82, 2.24) is 14.5 Å². The third-order valence-electron chi connectivity index (χ3n) is 6.24. The van der Waals surface area contributed by atoms with Crippen LogP contribution < -0.4 is 5.56 Å². The molecule has 3 heterocycles. The number of thiophene rings is 1. The van der Waals surface area contributed by atoms with E-state index in [2.05, 4.69) is 0 Å². The van der Waals surface area contributed by atoms with Crippen LogP contribution in [0.5, 0.6) is 5.75 Å². The second-order valence-corrected chi connectivity index (χ2v) is 12.9. The van der Waals surface area contributed by atoms with E-state index in [4.69, 9.17) is 4.98 Å². The summed E-state index contributed by atoms with van der Waals surface area (Å²) in [4.78, 5) is 34.6. The van der Waals surface area contributed by atoms with Gasteiger partial charge in [-0.15, -0.1) is 11.3 Å². The summed E-state index contributed by atoms with van der Waals surface area (Å²) in [6, 6.07) is 4.44. The smallest absolute Gasteiger partial charge is 0.267 e. The number of nitrogens with zero attached hydrogens (tertiary/aromatic N) is 3. The van der Waals surface area contributed by atoms with E-state index in [-0.39, 0.29) is 40.5 Å². The Bertz CT molecular complexity index is 1440. The van der Waals surface area contributed by atoms with Gasteiger partial charge in [0.2, 0.25) is 5.91 Å². The lowest BCUT2D eigenvalue weighted by molar-refractivity contribution is -0.128. The average Bonchev–Trinajstić information content (AvgIpc) is 3.30. The van der Waals surface area contributed by atoms with Gasteiger partial charge >= 0.3 is 0 Å². The van der Waals surface area contributed by atoms with Gasteiger partial charge in [0.15, 0.2) is 15.0 Å². The van der Waals surface area contributed by atoms with E-state index >= 15 is 0 Å². The molecule has 0 spiro atoms. The minimum atomic E-state index is -3.10. The number of phenols is 1. The van der Waals surface area contributed by atoms with Crippen molar-refractivity contribution in [3.05, 3.63) is 44.6 Å². The molecule has 3 aromatic rings. The molecular weight excluding hydrogens is 494 g/mol. The van der Waals surface area contributed by atoms with E-state index in [1.807, 2.05) is 13.8 Å². The summed E-state index contributed by atoms with van der Waals surface area (Å²) in [6.07, 6.45) is 1.14. The first kappa shape index (κ1) is 24.7. The van der Waals surface area contributed by atoms with Crippen molar-refractivity contribution in [3.63, 3.8) is 0 Å². The molecule has 0 radical (unpaired) electrons. The topological polar surface area (TPSA) is 110 Å². The molecule has 1 N–H and O–H groups in total. The van der Waals surface area contributed by atoms with Crippen LogP contribution in [0, 0.1) is 13.8 Å². The molecule has 1 fully saturated rings. The van der Waals surface area contributed by atoms with Gasteiger partial charge in [-0.2, -0.15) is 0 Å². The molecule has 8 nitrogen and oxygen atoms in total. The number of hydrogen-bond acceptors (Lipinski definition) is 8. The molecule has 0 aliphatic carbocycles. The number of hydrogen-bond donors (Lipinski definition) is 1. The lowest BCUT2D eigenvalue weighted by Gasteiger charge is -2.23. The van der Waals surface area contributed by atoms with E-state index in [9.17, 15) is 23.1 Å². The number of aryl methyl sites for hydroxylation is 3. The predicted molar refractivity (Wildman–Crippen MR) is 136 cm³/mol. The zero-order chi connectivity index (χ0) is 24.8. The van der Waals surface area contributed by atoms with Gasteiger partial charge < -0.3 is 10.0 Å².